The maximum atomic E-state index is 13.9. The largest absolute Gasteiger partial charge is 0.508 e. The van der Waals surface area contributed by atoms with Crippen LogP contribution in [-0.2, 0) is 9.47 Å². The lowest BCUT2D eigenvalue weighted by Crippen LogP contribution is -2.58. The molecule has 0 saturated carbocycles. The Morgan fingerprint density at radius 1 is 0.721 bits per heavy atom. The Labute approximate surface area is 243 Å². The molecule has 15 heteroatoms. The molecule has 5 rings (SSSR count). The Kier molecular flexibility index (Phi) is 8.43. The van der Waals surface area contributed by atoms with Gasteiger partial charge in [0.05, 0.1) is 19.3 Å². The van der Waals surface area contributed by atoms with Crippen molar-refractivity contribution in [3.05, 3.63) is 40.6 Å². The van der Waals surface area contributed by atoms with Crippen LogP contribution in [0.2, 0.25) is 0 Å². The highest BCUT2D eigenvalue weighted by Crippen LogP contribution is 2.45. The molecule has 0 aliphatic carbocycles. The molecule has 0 bridgehead atoms. The molecule has 0 spiro atoms. The van der Waals surface area contributed by atoms with E-state index in [1.54, 1.807) is 0 Å². The molecule has 234 valence electrons. The highest BCUT2D eigenvalue weighted by molar-refractivity contribution is 5.91. The van der Waals surface area contributed by atoms with Crippen molar-refractivity contribution >= 4 is 11.0 Å². The summed E-state index contributed by atoms with van der Waals surface area (Å²) in [5, 5.41) is 81.9. The van der Waals surface area contributed by atoms with Crippen molar-refractivity contribution in [1.29, 1.82) is 0 Å². The predicted octanol–water partition coefficient (Wildman–Crippen LogP) is -0.708. The van der Waals surface area contributed by atoms with Crippen LogP contribution in [0.15, 0.2) is 39.5 Å². The van der Waals surface area contributed by atoms with E-state index in [2.05, 4.69) is 0 Å². The Bertz CT molecular complexity index is 1520. The average molecular weight is 609 g/mol. The highest BCUT2D eigenvalue weighted by Gasteiger charge is 2.45. The lowest BCUT2D eigenvalue weighted by molar-refractivity contribution is -0.268. The van der Waals surface area contributed by atoms with E-state index in [0.29, 0.717) is 0 Å². The van der Waals surface area contributed by atoms with E-state index >= 15 is 0 Å². The van der Waals surface area contributed by atoms with Gasteiger partial charge < -0.3 is 69.0 Å². The van der Waals surface area contributed by atoms with E-state index < -0.39 is 83.7 Å². The third-order valence-corrected chi connectivity index (χ3v) is 7.46. The molecule has 2 aliphatic heterocycles. The first-order valence-electron chi connectivity index (χ1n) is 13.3. The number of hydrogen-bond acceptors (Lipinski definition) is 15. The molecule has 2 aliphatic rings. The zero-order chi connectivity index (χ0) is 31.3. The Morgan fingerprint density at radius 2 is 1.26 bits per heavy atom. The van der Waals surface area contributed by atoms with Gasteiger partial charge in [0.15, 0.2) is 17.3 Å². The van der Waals surface area contributed by atoms with Crippen molar-refractivity contribution in [3.8, 4) is 40.1 Å². The van der Waals surface area contributed by atoms with Gasteiger partial charge in [-0.3, -0.25) is 4.79 Å². The predicted molar refractivity (Wildman–Crippen MR) is 144 cm³/mol. The van der Waals surface area contributed by atoms with Gasteiger partial charge >= 0.3 is 0 Å². The summed E-state index contributed by atoms with van der Waals surface area (Å²) in [6, 6.07) is 6.56. The lowest BCUT2D eigenvalue weighted by atomic mass is 10.00. The molecule has 43 heavy (non-hydrogen) atoms. The fourth-order valence-corrected chi connectivity index (χ4v) is 4.93. The molecule has 0 unspecified atom stereocenters. The third-order valence-electron chi connectivity index (χ3n) is 7.46. The van der Waals surface area contributed by atoms with E-state index in [4.69, 9.17) is 28.1 Å². The van der Waals surface area contributed by atoms with Crippen LogP contribution in [0.1, 0.15) is 13.8 Å². The molecular formula is C28H32O15. The summed E-state index contributed by atoms with van der Waals surface area (Å²) < 4.78 is 33.7. The fraction of sp³-hybridized carbons (Fsp3) is 0.464. The molecule has 2 saturated heterocycles. The van der Waals surface area contributed by atoms with Crippen LogP contribution in [0.5, 0.6) is 28.7 Å². The third kappa shape index (κ3) is 5.45. The summed E-state index contributed by atoms with van der Waals surface area (Å²) in [6.07, 6.45) is -14.7. The molecule has 2 aromatic carbocycles. The second kappa shape index (κ2) is 11.8. The normalized spacial score (nSPS) is 32.9. The molecule has 3 heterocycles. The van der Waals surface area contributed by atoms with Gasteiger partial charge in [0.25, 0.3) is 0 Å². The van der Waals surface area contributed by atoms with Crippen LogP contribution in [0.4, 0.5) is 0 Å². The van der Waals surface area contributed by atoms with Crippen LogP contribution in [0.3, 0.4) is 0 Å². The number of aliphatic hydroxyl groups excluding tert-OH is 6. The number of benzene rings is 2. The van der Waals surface area contributed by atoms with Gasteiger partial charge in [0.2, 0.25) is 29.5 Å². The Morgan fingerprint density at radius 3 is 1.79 bits per heavy atom. The SMILES string of the molecule is COc1c(O[C@@H]2O[C@H](C)[C@H](O)[C@H](O)[C@@H]2O)cc2oc(-c3ccc(O)cc3)c(O[C@@H]3O[C@@H](C)[C@H](O)[C@H](O)[C@@H]3O)c(=O)c2c1O. The van der Waals surface area contributed by atoms with Gasteiger partial charge in [-0.25, -0.2) is 0 Å². The van der Waals surface area contributed by atoms with Crippen molar-refractivity contribution in [2.24, 2.45) is 0 Å². The number of aliphatic hydroxyl groups is 6. The summed E-state index contributed by atoms with van der Waals surface area (Å²) in [7, 11) is 1.16. The molecule has 0 radical (unpaired) electrons. The summed E-state index contributed by atoms with van der Waals surface area (Å²) in [5.41, 5.74) is -1.01. The Hall–Kier alpha value is -3.67. The number of rotatable bonds is 6. The van der Waals surface area contributed by atoms with Gasteiger partial charge in [0.1, 0.15) is 53.3 Å². The van der Waals surface area contributed by atoms with E-state index in [9.17, 15) is 45.6 Å². The van der Waals surface area contributed by atoms with E-state index in [0.717, 1.165) is 13.2 Å². The summed E-state index contributed by atoms with van der Waals surface area (Å²) in [6.45, 7) is 2.87. The lowest BCUT2D eigenvalue weighted by Gasteiger charge is -2.39. The minimum atomic E-state index is -1.79. The number of phenols is 2. The van der Waals surface area contributed by atoms with Gasteiger partial charge in [0, 0.05) is 11.6 Å². The van der Waals surface area contributed by atoms with Gasteiger partial charge in [-0.15, -0.1) is 0 Å². The molecule has 2 fully saturated rings. The minimum absolute atomic E-state index is 0.100. The second-order valence-corrected chi connectivity index (χ2v) is 10.4. The van der Waals surface area contributed by atoms with Crippen molar-refractivity contribution in [3.63, 3.8) is 0 Å². The summed E-state index contributed by atoms with van der Waals surface area (Å²) in [4.78, 5) is 13.9. The zero-order valence-corrected chi connectivity index (χ0v) is 23.1. The van der Waals surface area contributed by atoms with Crippen molar-refractivity contribution in [2.75, 3.05) is 7.11 Å². The smallest absolute Gasteiger partial charge is 0.239 e. The summed E-state index contributed by atoms with van der Waals surface area (Å²) in [5.74, 6) is -2.30. The van der Waals surface area contributed by atoms with Crippen LogP contribution >= 0.6 is 0 Å². The highest BCUT2D eigenvalue weighted by atomic mass is 16.7. The number of aromatic hydroxyl groups is 2. The first kappa shape index (κ1) is 30.8. The first-order chi connectivity index (χ1) is 20.3. The molecule has 15 nitrogen and oxygen atoms in total. The number of hydrogen-bond donors (Lipinski definition) is 8. The number of methoxy groups -OCH3 is 1. The minimum Gasteiger partial charge on any atom is -0.508 e. The number of ether oxygens (including phenoxy) is 5. The number of fused-ring (bicyclic) bond motifs is 1. The van der Waals surface area contributed by atoms with Gasteiger partial charge in [-0.1, -0.05) is 0 Å². The molecule has 1 aromatic heterocycles. The van der Waals surface area contributed by atoms with E-state index in [-0.39, 0.29) is 34.2 Å². The van der Waals surface area contributed by atoms with Crippen LogP contribution in [-0.4, -0.2) is 109 Å². The summed E-state index contributed by atoms with van der Waals surface area (Å²) >= 11 is 0. The average Bonchev–Trinajstić information content (AvgIpc) is 2.98. The monoisotopic (exact) mass is 608 g/mol. The quantitative estimate of drug-likeness (QED) is 0.173. The van der Waals surface area contributed by atoms with Crippen LogP contribution in [0.25, 0.3) is 22.3 Å². The number of phenolic OH excluding ortho intramolecular Hbond substituents is 2. The fourth-order valence-electron chi connectivity index (χ4n) is 4.93. The first-order valence-corrected chi connectivity index (χ1v) is 13.3. The second-order valence-electron chi connectivity index (χ2n) is 10.4. The van der Waals surface area contributed by atoms with Crippen molar-refractivity contribution in [2.45, 2.75) is 75.3 Å². The van der Waals surface area contributed by atoms with Gasteiger partial charge in [-0.05, 0) is 38.1 Å². The van der Waals surface area contributed by atoms with Gasteiger partial charge in [-0.2, -0.15) is 0 Å². The Balaban J connectivity index is 1.65. The van der Waals surface area contributed by atoms with Crippen LogP contribution in [0, 0.1) is 0 Å². The maximum Gasteiger partial charge on any atom is 0.239 e. The van der Waals surface area contributed by atoms with Crippen molar-refractivity contribution < 1.29 is 69.0 Å². The topological polar surface area (TPSA) is 238 Å². The maximum absolute atomic E-state index is 13.9. The molecule has 8 N–H and O–H groups in total. The van der Waals surface area contributed by atoms with E-state index in [1.807, 2.05) is 0 Å². The standard InChI is InChI=1S/C28H32O15/c1-9-16(30)20(34)22(36)27(39-9)42-14-8-13-15(18(32)25(14)38-3)19(33)26(24(41-13)11-4-6-12(29)7-5-11)43-28-23(37)21(35)17(31)10(2)40-28/h4-10,16-17,20-23,27-32,34-37H,1-3H3/t9-,10+,16+,17+,20+,21+,22+,23+,27+,28+/m1/s1. The van der Waals surface area contributed by atoms with Crippen molar-refractivity contribution in [1.82, 2.24) is 0 Å². The zero-order valence-electron chi connectivity index (χ0n) is 23.1. The molecule has 10 atom stereocenters. The molecule has 3 aromatic rings. The van der Waals surface area contributed by atoms with E-state index in [1.165, 1.54) is 38.1 Å². The molecular weight excluding hydrogens is 576 g/mol. The van der Waals surface area contributed by atoms with Crippen LogP contribution < -0.4 is 19.6 Å². The molecule has 0 amide bonds.